The minimum absolute atomic E-state index is 0.429. The summed E-state index contributed by atoms with van der Waals surface area (Å²) in [7, 11) is 0. The van der Waals surface area contributed by atoms with Crippen molar-refractivity contribution >= 4 is 23.2 Å². The maximum atomic E-state index is 6.16. The van der Waals surface area contributed by atoms with Gasteiger partial charge in [0.05, 0.1) is 0 Å². The van der Waals surface area contributed by atoms with Gasteiger partial charge in [-0.3, -0.25) is 0 Å². The molecule has 0 amide bonds. The lowest BCUT2D eigenvalue weighted by atomic mass is 9.96. The summed E-state index contributed by atoms with van der Waals surface area (Å²) in [5.41, 5.74) is 0.300. The van der Waals surface area contributed by atoms with Crippen LogP contribution in [0.5, 0.6) is 0 Å². The second kappa shape index (κ2) is 6.69. The summed E-state index contributed by atoms with van der Waals surface area (Å²) in [6.07, 6.45) is 2.29. The van der Waals surface area contributed by atoms with Crippen molar-refractivity contribution in [1.29, 1.82) is 0 Å². The molecule has 1 rings (SSSR count). The van der Waals surface area contributed by atoms with E-state index in [1.54, 1.807) is 0 Å². The predicted molar refractivity (Wildman–Crippen MR) is 75.3 cm³/mol. The Balaban J connectivity index is 3.30. The molecule has 0 atom stereocenters. The van der Waals surface area contributed by atoms with E-state index in [1.807, 2.05) is 13.8 Å². The Labute approximate surface area is 119 Å². The van der Waals surface area contributed by atoms with Gasteiger partial charge in [-0.05, 0) is 26.2 Å². The highest BCUT2D eigenvalue weighted by Crippen LogP contribution is 2.33. The van der Waals surface area contributed by atoms with Crippen LogP contribution in [0.3, 0.4) is 0 Å². The molecule has 0 aromatic carbocycles. The van der Waals surface area contributed by atoms with Crippen LogP contribution in [-0.2, 0) is 16.8 Å². The summed E-state index contributed by atoms with van der Waals surface area (Å²) < 4.78 is 5.86. The third-order valence-corrected chi connectivity index (χ3v) is 3.86. The molecule has 0 aliphatic carbocycles. The van der Waals surface area contributed by atoms with Gasteiger partial charge in [-0.25, -0.2) is 9.97 Å². The molecule has 0 saturated carbocycles. The Bertz CT molecular complexity index is 383. The first kappa shape index (κ1) is 15.7. The van der Waals surface area contributed by atoms with Gasteiger partial charge < -0.3 is 4.74 Å². The Morgan fingerprint density at radius 3 is 1.83 bits per heavy atom. The fourth-order valence-corrected chi connectivity index (χ4v) is 2.69. The van der Waals surface area contributed by atoms with Crippen LogP contribution in [0, 0.1) is 0 Å². The van der Waals surface area contributed by atoms with Crippen LogP contribution in [0.2, 0.25) is 10.3 Å². The van der Waals surface area contributed by atoms with Crippen molar-refractivity contribution in [3.05, 3.63) is 21.7 Å². The van der Waals surface area contributed by atoms with Crippen LogP contribution in [0.25, 0.3) is 0 Å². The number of nitrogens with zero attached hydrogens (tertiary/aromatic N) is 2. The van der Waals surface area contributed by atoms with E-state index in [0.717, 1.165) is 24.8 Å². The van der Waals surface area contributed by atoms with Crippen molar-refractivity contribution < 1.29 is 4.74 Å². The molecule has 0 unspecified atom stereocenters. The number of rotatable bonds is 6. The van der Waals surface area contributed by atoms with E-state index in [9.17, 15) is 0 Å². The Morgan fingerprint density at radius 1 is 1.00 bits per heavy atom. The molecule has 0 aliphatic rings. The largest absolute Gasteiger partial charge is 0.367 e. The van der Waals surface area contributed by atoms with Crippen molar-refractivity contribution in [2.45, 2.75) is 52.6 Å². The van der Waals surface area contributed by atoms with Gasteiger partial charge in [0.1, 0.15) is 15.9 Å². The standard InChI is InChI=1S/C13H20Cl2N2O/c1-5-9-10(14)16-12(17-11(9)15)13(6-2,7-3)18-8-4/h5-8H2,1-4H3. The third-order valence-electron chi connectivity index (χ3n) is 3.23. The quantitative estimate of drug-likeness (QED) is 0.729. The first-order valence-corrected chi connectivity index (χ1v) is 7.16. The normalized spacial score (nSPS) is 11.9. The SMILES string of the molecule is CCOC(CC)(CC)c1nc(Cl)c(CC)c(Cl)n1. The third kappa shape index (κ3) is 2.95. The van der Waals surface area contributed by atoms with Gasteiger partial charge in [-0.1, -0.05) is 44.0 Å². The van der Waals surface area contributed by atoms with Gasteiger partial charge in [0.2, 0.25) is 0 Å². The first-order chi connectivity index (χ1) is 8.54. The molecule has 102 valence electrons. The summed E-state index contributed by atoms with van der Waals surface area (Å²) in [5.74, 6) is 0.585. The van der Waals surface area contributed by atoms with Gasteiger partial charge in [0, 0.05) is 12.2 Å². The van der Waals surface area contributed by atoms with Crippen molar-refractivity contribution in [3.8, 4) is 0 Å². The summed E-state index contributed by atoms with van der Waals surface area (Å²) >= 11 is 12.3. The Morgan fingerprint density at radius 2 is 1.50 bits per heavy atom. The maximum absolute atomic E-state index is 6.16. The topological polar surface area (TPSA) is 35.0 Å². The van der Waals surface area contributed by atoms with Crippen molar-refractivity contribution in [2.75, 3.05) is 6.61 Å². The van der Waals surface area contributed by atoms with Crippen LogP contribution in [0.15, 0.2) is 0 Å². The number of halogens is 2. The number of ether oxygens (including phenoxy) is 1. The smallest absolute Gasteiger partial charge is 0.163 e. The second-order valence-corrected chi connectivity index (χ2v) is 4.81. The van der Waals surface area contributed by atoms with Crippen molar-refractivity contribution in [3.63, 3.8) is 0 Å². The van der Waals surface area contributed by atoms with Crippen LogP contribution >= 0.6 is 23.2 Å². The van der Waals surface area contributed by atoms with Crippen LogP contribution < -0.4 is 0 Å². The Hall–Kier alpha value is -0.380. The van der Waals surface area contributed by atoms with E-state index < -0.39 is 5.60 Å². The molecule has 1 aromatic heterocycles. The lowest BCUT2D eigenvalue weighted by Crippen LogP contribution is -2.31. The van der Waals surface area contributed by atoms with E-state index in [-0.39, 0.29) is 0 Å². The zero-order chi connectivity index (χ0) is 13.8. The van der Waals surface area contributed by atoms with Crippen molar-refractivity contribution in [2.24, 2.45) is 0 Å². The molecular weight excluding hydrogens is 271 g/mol. The maximum Gasteiger partial charge on any atom is 0.163 e. The minimum Gasteiger partial charge on any atom is -0.367 e. The van der Waals surface area contributed by atoms with Gasteiger partial charge in [0.25, 0.3) is 0 Å². The van der Waals surface area contributed by atoms with Gasteiger partial charge in [-0.2, -0.15) is 0 Å². The van der Waals surface area contributed by atoms with E-state index in [2.05, 4.69) is 23.8 Å². The molecular formula is C13H20Cl2N2O. The number of hydrogen-bond acceptors (Lipinski definition) is 3. The lowest BCUT2D eigenvalue weighted by Gasteiger charge is -2.30. The van der Waals surface area contributed by atoms with E-state index in [0.29, 0.717) is 22.7 Å². The highest BCUT2D eigenvalue weighted by molar-refractivity contribution is 6.34. The summed E-state index contributed by atoms with van der Waals surface area (Å²) in [4.78, 5) is 8.76. The molecule has 0 saturated heterocycles. The van der Waals surface area contributed by atoms with Gasteiger partial charge >= 0.3 is 0 Å². The zero-order valence-electron chi connectivity index (χ0n) is 11.4. The van der Waals surface area contributed by atoms with E-state index >= 15 is 0 Å². The second-order valence-electron chi connectivity index (χ2n) is 4.10. The number of hydrogen-bond donors (Lipinski definition) is 0. The van der Waals surface area contributed by atoms with E-state index in [1.165, 1.54) is 0 Å². The summed E-state index contributed by atoms with van der Waals surface area (Å²) in [6, 6.07) is 0. The monoisotopic (exact) mass is 290 g/mol. The number of aromatic nitrogens is 2. The predicted octanol–water partition coefficient (Wildman–Crippen LogP) is 4.40. The average molecular weight is 291 g/mol. The molecule has 0 aliphatic heterocycles. The summed E-state index contributed by atoms with van der Waals surface area (Å²) in [6.45, 7) is 8.65. The fraction of sp³-hybridized carbons (Fsp3) is 0.692. The van der Waals surface area contributed by atoms with Crippen molar-refractivity contribution in [1.82, 2.24) is 9.97 Å². The first-order valence-electron chi connectivity index (χ1n) is 6.40. The van der Waals surface area contributed by atoms with Crippen LogP contribution in [0.1, 0.15) is 51.9 Å². The van der Waals surface area contributed by atoms with Crippen LogP contribution in [0.4, 0.5) is 0 Å². The molecule has 1 heterocycles. The highest BCUT2D eigenvalue weighted by Gasteiger charge is 2.33. The average Bonchev–Trinajstić information content (AvgIpc) is 2.35. The van der Waals surface area contributed by atoms with Gasteiger partial charge in [0.15, 0.2) is 5.82 Å². The molecule has 0 N–H and O–H groups in total. The molecule has 3 nitrogen and oxygen atoms in total. The molecule has 0 radical (unpaired) electrons. The molecule has 1 aromatic rings. The minimum atomic E-state index is -0.492. The lowest BCUT2D eigenvalue weighted by molar-refractivity contribution is -0.0571. The van der Waals surface area contributed by atoms with Gasteiger partial charge in [-0.15, -0.1) is 0 Å². The highest BCUT2D eigenvalue weighted by atomic mass is 35.5. The summed E-state index contributed by atoms with van der Waals surface area (Å²) in [5, 5.41) is 0.858. The molecule has 0 fully saturated rings. The Kier molecular flexibility index (Phi) is 5.83. The molecule has 5 heteroatoms. The van der Waals surface area contributed by atoms with E-state index in [4.69, 9.17) is 27.9 Å². The zero-order valence-corrected chi connectivity index (χ0v) is 12.9. The molecule has 0 bridgehead atoms. The van der Waals surface area contributed by atoms with Crippen LogP contribution in [-0.4, -0.2) is 16.6 Å². The fourth-order valence-electron chi connectivity index (χ4n) is 2.04. The molecule has 18 heavy (non-hydrogen) atoms. The molecule has 0 spiro atoms.